The molecule has 0 radical (unpaired) electrons. The van der Waals surface area contributed by atoms with Crippen molar-refractivity contribution in [2.45, 2.75) is 12.8 Å². The molecule has 0 aliphatic heterocycles. The van der Waals surface area contributed by atoms with Gasteiger partial charge in [0.05, 0.1) is 11.6 Å². The van der Waals surface area contributed by atoms with Gasteiger partial charge in [0.15, 0.2) is 11.6 Å². The smallest absolute Gasteiger partial charge is 0.164 e. The van der Waals surface area contributed by atoms with Crippen LogP contribution in [0.15, 0.2) is 12.1 Å². The first kappa shape index (κ1) is 10.3. The van der Waals surface area contributed by atoms with Crippen molar-refractivity contribution >= 4 is 6.29 Å². The van der Waals surface area contributed by atoms with Crippen molar-refractivity contribution in [1.82, 2.24) is 0 Å². The molecule has 0 aliphatic rings. The van der Waals surface area contributed by atoms with Crippen molar-refractivity contribution in [3.05, 3.63) is 34.9 Å². The maximum Gasteiger partial charge on any atom is 0.164 e. The molecular weight excluding hydrogens is 188 g/mol. The van der Waals surface area contributed by atoms with Gasteiger partial charge in [-0.2, -0.15) is 5.26 Å². The van der Waals surface area contributed by atoms with E-state index in [-0.39, 0.29) is 11.1 Å². The fraction of sp³-hybridized carbons (Fsp3) is 0.200. The number of hydrogen-bond donors (Lipinski definition) is 0. The van der Waals surface area contributed by atoms with Crippen LogP contribution in [0.25, 0.3) is 0 Å². The van der Waals surface area contributed by atoms with Gasteiger partial charge in [-0.25, -0.2) is 8.78 Å². The SMILES string of the molecule is CC(C=O)c1c(C#N)ccc(F)c1F. The Balaban J connectivity index is 3.44. The summed E-state index contributed by atoms with van der Waals surface area (Å²) in [5, 5.41) is 8.62. The van der Waals surface area contributed by atoms with Crippen LogP contribution in [0.4, 0.5) is 8.78 Å². The average molecular weight is 195 g/mol. The first-order valence-electron chi connectivity index (χ1n) is 3.95. The molecule has 4 heteroatoms. The van der Waals surface area contributed by atoms with Gasteiger partial charge in [0.2, 0.25) is 0 Å². The quantitative estimate of drug-likeness (QED) is 0.678. The highest BCUT2D eigenvalue weighted by Gasteiger charge is 2.18. The second-order valence-corrected chi connectivity index (χ2v) is 2.86. The van der Waals surface area contributed by atoms with Crippen LogP contribution >= 0.6 is 0 Å². The molecule has 1 aromatic carbocycles. The van der Waals surface area contributed by atoms with Crippen molar-refractivity contribution in [2.75, 3.05) is 0 Å². The molecule has 0 saturated carbocycles. The normalized spacial score (nSPS) is 11.9. The zero-order valence-corrected chi connectivity index (χ0v) is 7.42. The summed E-state index contributed by atoms with van der Waals surface area (Å²) in [6, 6.07) is 3.74. The second-order valence-electron chi connectivity index (χ2n) is 2.86. The highest BCUT2D eigenvalue weighted by Crippen LogP contribution is 2.23. The Morgan fingerprint density at radius 2 is 2.14 bits per heavy atom. The summed E-state index contributed by atoms with van der Waals surface area (Å²) in [7, 11) is 0. The van der Waals surface area contributed by atoms with Crippen LogP contribution in [0.5, 0.6) is 0 Å². The van der Waals surface area contributed by atoms with Gasteiger partial charge >= 0.3 is 0 Å². The second kappa shape index (κ2) is 3.97. The van der Waals surface area contributed by atoms with Crippen molar-refractivity contribution in [1.29, 1.82) is 5.26 Å². The van der Waals surface area contributed by atoms with Crippen LogP contribution in [-0.4, -0.2) is 6.29 Å². The molecule has 0 saturated heterocycles. The van der Waals surface area contributed by atoms with Crippen LogP contribution in [-0.2, 0) is 4.79 Å². The van der Waals surface area contributed by atoms with Crippen LogP contribution in [0.3, 0.4) is 0 Å². The minimum Gasteiger partial charge on any atom is -0.303 e. The molecule has 0 N–H and O–H groups in total. The number of nitriles is 1. The largest absolute Gasteiger partial charge is 0.303 e. The lowest BCUT2D eigenvalue weighted by molar-refractivity contribution is -0.108. The molecule has 0 bridgehead atoms. The maximum atomic E-state index is 13.2. The lowest BCUT2D eigenvalue weighted by Crippen LogP contribution is -2.04. The number of carbonyl (C=O) groups is 1. The first-order chi connectivity index (χ1) is 6.61. The van der Waals surface area contributed by atoms with E-state index in [2.05, 4.69) is 0 Å². The molecule has 0 aliphatic carbocycles. The van der Waals surface area contributed by atoms with Gasteiger partial charge in [-0.3, -0.25) is 0 Å². The number of rotatable bonds is 2. The lowest BCUT2D eigenvalue weighted by Gasteiger charge is -2.08. The Morgan fingerprint density at radius 3 is 2.64 bits per heavy atom. The maximum absolute atomic E-state index is 13.2. The number of nitrogens with zero attached hydrogens (tertiary/aromatic N) is 1. The fourth-order valence-electron chi connectivity index (χ4n) is 1.18. The first-order valence-corrected chi connectivity index (χ1v) is 3.95. The standard InChI is InChI=1S/C10H7F2NO/c1-6(5-14)9-7(4-13)2-3-8(11)10(9)12/h2-3,5-6H,1H3. The Labute approximate surface area is 79.8 Å². The fourth-order valence-corrected chi connectivity index (χ4v) is 1.18. The Bertz CT molecular complexity index is 409. The lowest BCUT2D eigenvalue weighted by atomic mass is 9.96. The van der Waals surface area contributed by atoms with E-state index in [1.807, 2.05) is 0 Å². The molecule has 0 spiro atoms. The van der Waals surface area contributed by atoms with E-state index in [1.165, 1.54) is 6.92 Å². The topological polar surface area (TPSA) is 40.9 Å². The van der Waals surface area contributed by atoms with Gasteiger partial charge in [0.1, 0.15) is 6.29 Å². The van der Waals surface area contributed by atoms with Crippen molar-refractivity contribution in [3.8, 4) is 6.07 Å². The monoisotopic (exact) mass is 195 g/mol. The van der Waals surface area contributed by atoms with Gasteiger partial charge in [0, 0.05) is 11.5 Å². The number of benzene rings is 1. The third kappa shape index (κ3) is 1.62. The Hall–Kier alpha value is -1.76. The zero-order chi connectivity index (χ0) is 10.7. The minimum absolute atomic E-state index is 0.0106. The third-order valence-electron chi connectivity index (χ3n) is 1.91. The Morgan fingerprint density at radius 1 is 1.50 bits per heavy atom. The molecule has 1 rings (SSSR count). The third-order valence-corrected chi connectivity index (χ3v) is 1.91. The predicted molar refractivity (Wildman–Crippen MR) is 45.6 cm³/mol. The van der Waals surface area contributed by atoms with Crippen LogP contribution < -0.4 is 0 Å². The number of carbonyl (C=O) groups excluding carboxylic acids is 1. The molecule has 0 heterocycles. The minimum atomic E-state index is -1.12. The molecule has 0 aromatic heterocycles. The average Bonchev–Trinajstić information content (AvgIpc) is 2.20. The van der Waals surface area contributed by atoms with E-state index >= 15 is 0 Å². The number of hydrogen-bond acceptors (Lipinski definition) is 2. The summed E-state index contributed by atoms with van der Waals surface area (Å²) in [5.41, 5.74) is -0.189. The molecule has 1 unspecified atom stereocenters. The van der Waals surface area contributed by atoms with Crippen LogP contribution in [0.2, 0.25) is 0 Å². The molecule has 2 nitrogen and oxygen atoms in total. The summed E-state index contributed by atoms with van der Waals surface area (Å²) < 4.78 is 26.0. The van der Waals surface area contributed by atoms with Gasteiger partial charge < -0.3 is 4.79 Å². The van der Waals surface area contributed by atoms with Crippen LogP contribution in [0, 0.1) is 23.0 Å². The van der Waals surface area contributed by atoms with Gasteiger partial charge in [0.25, 0.3) is 0 Å². The Kier molecular flexibility index (Phi) is 2.92. The van der Waals surface area contributed by atoms with E-state index in [9.17, 15) is 13.6 Å². The zero-order valence-electron chi connectivity index (χ0n) is 7.42. The van der Waals surface area contributed by atoms with E-state index in [1.54, 1.807) is 6.07 Å². The molecule has 14 heavy (non-hydrogen) atoms. The van der Waals surface area contributed by atoms with Crippen molar-refractivity contribution in [3.63, 3.8) is 0 Å². The molecular formula is C10H7F2NO. The van der Waals surface area contributed by atoms with Gasteiger partial charge in [-0.1, -0.05) is 6.92 Å². The van der Waals surface area contributed by atoms with E-state index in [0.29, 0.717) is 6.29 Å². The van der Waals surface area contributed by atoms with Crippen molar-refractivity contribution < 1.29 is 13.6 Å². The number of halogens is 2. The summed E-state index contributed by atoms with van der Waals surface area (Å²) in [4.78, 5) is 10.4. The van der Waals surface area contributed by atoms with Crippen LogP contribution in [0.1, 0.15) is 24.0 Å². The van der Waals surface area contributed by atoms with Gasteiger partial charge in [-0.05, 0) is 12.1 Å². The van der Waals surface area contributed by atoms with E-state index in [0.717, 1.165) is 12.1 Å². The molecule has 0 amide bonds. The molecule has 72 valence electrons. The predicted octanol–water partition coefficient (Wildman–Crippen LogP) is 2.14. The highest BCUT2D eigenvalue weighted by atomic mass is 19.2. The summed E-state index contributed by atoms with van der Waals surface area (Å²) in [5.74, 6) is -2.99. The molecule has 1 aromatic rings. The number of aldehydes is 1. The van der Waals surface area contributed by atoms with E-state index in [4.69, 9.17) is 5.26 Å². The summed E-state index contributed by atoms with van der Waals surface area (Å²) in [6.45, 7) is 1.41. The summed E-state index contributed by atoms with van der Waals surface area (Å²) >= 11 is 0. The highest BCUT2D eigenvalue weighted by molar-refractivity contribution is 5.64. The van der Waals surface area contributed by atoms with Gasteiger partial charge in [-0.15, -0.1) is 0 Å². The molecule has 1 atom stereocenters. The van der Waals surface area contributed by atoms with E-state index < -0.39 is 17.6 Å². The van der Waals surface area contributed by atoms with Crippen molar-refractivity contribution in [2.24, 2.45) is 0 Å². The summed E-state index contributed by atoms with van der Waals surface area (Å²) in [6.07, 6.45) is 0.471. The molecule has 0 fully saturated rings.